The molecule has 0 radical (unpaired) electrons. The average molecular weight is 781 g/mol. The summed E-state index contributed by atoms with van der Waals surface area (Å²) < 4.78 is 53.7. The molecule has 2 N–H and O–H groups in total. The van der Waals surface area contributed by atoms with Gasteiger partial charge in [-0.1, -0.05) is 110 Å². The second kappa shape index (κ2) is 28.3. The van der Waals surface area contributed by atoms with Crippen molar-refractivity contribution < 1.29 is 75.3 Å². The number of esters is 1. The topological polar surface area (TPSA) is 169 Å². The Morgan fingerprint density at radius 1 is 1.00 bits per heavy atom. The third-order valence-electron chi connectivity index (χ3n) is 8.08. The summed E-state index contributed by atoms with van der Waals surface area (Å²) in [6.45, 7) is 10.8. The molecule has 0 aliphatic carbocycles. The Morgan fingerprint density at radius 3 is 2.31 bits per heavy atom. The quantitative estimate of drug-likeness (QED) is 0.0751. The van der Waals surface area contributed by atoms with Crippen molar-refractivity contribution in [2.45, 2.75) is 85.2 Å². The van der Waals surface area contributed by atoms with Crippen molar-refractivity contribution in [1.29, 1.82) is 0 Å². The molecule has 0 aromatic rings. The minimum atomic E-state index is -5.05. The second-order valence-corrected chi connectivity index (χ2v) is 13.9. The van der Waals surface area contributed by atoms with Gasteiger partial charge >= 0.3 is 35.5 Å². The minimum absolute atomic E-state index is 0. The monoisotopic (exact) mass is 780 g/mol. The molecule has 0 fully saturated rings. The second-order valence-electron chi connectivity index (χ2n) is 12.9. The van der Waals surface area contributed by atoms with Crippen LogP contribution in [0.3, 0.4) is 0 Å². The molecule has 5 unspecified atom stereocenters. The first kappa shape index (κ1) is 50.9. The zero-order chi connectivity index (χ0) is 39.8. The van der Waals surface area contributed by atoms with E-state index >= 15 is 0 Å². The zero-order valence-corrected chi connectivity index (χ0v) is 36.0. The number of ether oxygens (including phenoxy) is 3. The molecule has 0 saturated heterocycles. The Hall–Kier alpha value is -3.14. The molecule has 1 aliphatic heterocycles. The molecule has 1 rings (SSSR count). The van der Waals surface area contributed by atoms with Crippen molar-refractivity contribution in [3.8, 4) is 0 Å². The summed E-state index contributed by atoms with van der Waals surface area (Å²) in [5, 5.41) is 4.68. The van der Waals surface area contributed by atoms with Crippen LogP contribution in [0.15, 0.2) is 107 Å². The van der Waals surface area contributed by atoms with Gasteiger partial charge in [-0.2, -0.15) is 0 Å². The van der Waals surface area contributed by atoms with Crippen molar-refractivity contribution in [3.63, 3.8) is 0 Å². The van der Waals surface area contributed by atoms with Gasteiger partial charge in [0, 0.05) is 32.8 Å². The van der Waals surface area contributed by atoms with E-state index < -0.39 is 41.0 Å². The van der Waals surface area contributed by atoms with Gasteiger partial charge in [0.2, 0.25) is 22.7 Å². The average Bonchev–Trinajstić information content (AvgIpc) is 3.11. The first-order valence-corrected chi connectivity index (χ1v) is 18.8. The maximum atomic E-state index is 13.1. The van der Waals surface area contributed by atoms with E-state index in [0.29, 0.717) is 5.57 Å². The van der Waals surface area contributed by atoms with Crippen molar-refractivity contribution in [3.05, 3.63) is 107 Å². The minimum Gasteiger partial charge on any atom is -0.726 e. The molecule has 0 aromatic heterocycles. The molecule has 1 heterocycles. The van der Waals surface area contributed by atoms with Crippen LogP contribution in [0.1, 0.15) is 60.8 Å². The molecule has 0 bridgehead atoms. The summed E-state index contributed by atoms with van der Waals surface area (Å²) in [7, 11) is -1.68. The van der Waals surface area contributed by atoms with Crippen LogP contribution in [0, 0.1) is 11.8 Å². The number of hydrogen-bond acceptors (Lipinski definition) is 10. The molecule has 14 heteroatoms. The van der Waals surface area contributed by atoms with Crippen LogP contribution >= 0.6 is 0 Å². The zero-order valence-electron chi connectivity index (χ0n) is 33.2. The van der Waals surface area contributed by atoms with E-state index in [1.54, 1.807) is 39.4 Å². The number of rotatable bonds is 12. The molecule has 6 atom stereocenters. The normalized spacial score (nSPS) is 28.5. The first-order chi connectivity index (χ1) is 25.1. The molecule has 2 amide bonds. The maximum absolute atomic E-state index is 13.1. The van der Waals surface area contributed by atoms with E-state index in [0.717, 1.165) is 30.4 Å². The summed E-state index contributed by atoms with van der Waals surface area (Å²) in [4.78, 5) is 36.4. The van der Waals surface area contributed by atoms with Gasteiger partial charge in [-0.05, 0) is 58.4 Å². The van der Waals surface area contributed by atoms with E-state index in [2.05, 4.69) is 46.0 Å². The van der Waals surface area contributed by atoms with Crippen LogP contribution in [0.2, 0.25) is 0 Å². The summed E-state index contributed by atoms with van der Waals surface area (Å²) in [5.74, 6) is -1.52. The van der Waals surface area contributed by atoms with Crippen molar-refractivity contribution in [2.24, 2.45) is 11.8 Å². The Balaban J connectivity index is 0.0000281. The third-order valence-corrected chi connectivity index (χ3v) is 8.50. The van der Waals surface area contributed by atoms with Gasteiger partial charge in [-0.25, -0.2) is 13.2 Å². The Bertz CT molecular complexity index is 1570. The van der Waals surface area contributed by atoms with Crippen LogP contribution in [-0.4, -0.2) is 83.0 Å². The molecule has 1 aliphatic rings. The van der Waals surface area contributed by atoms with E-state index in [4.69, 9.17) is 14.2 Å². The van der Waals surface area contributed by atoms with E-state index in [1.807, 2.05) is 64.2 Å². The molecular weight excluding hydrogens is 724 g/mol. The van der Waals surface area contributed by atoms with Gasteiger partial charge in [-0.3, -0.25) is 13.8 Å². The molecular formula is C40H57N2NaO10S. The number of hydrogen-bond donors (Lipinski definition) is 2. The van der Waals surface area contributed by atoms with Gasteiger partial charge in [0.15, 0.2) is 0 Å². The number of carbonyl (C=O) groups is 3. The maximum Gasteiger partial charge on any atom is 1.00 e. The van der Waals surface area contributed by atoms with Crippen LogP contribution in [0.5, 0.6) is 0 Å². The van der Waals surface area contributed by atoms with Gasteiger partial charge < -0.3 is 29.4 Å². The predicted octanol–water partition coefficient (Wildman–Crippen LogP) is 2.66. The van der Waals surface area contributed by atoms with Gasteiger partial charge in [0.25, 0.3) is 0 Å². The van der Waals surface area contributed by atoms with Gasteiger partial charge in [0.05, 0.1) is 18.8 Å². The largest absolute Gasteiger partial charge is 1.00 e. The van der Waals surface area contributed by atoms with E-state index in [1.165, 1.54) is 11.6 Å². The van der Waals surface area contributed by atoms with E-state index in [-0.39, 0.29) is 66.6 Å². The molecule has 54 heavy (non-hydrogen) atoms. The van der Waals surface area contributed by atoms with Crippen LogP contribution in [0.25, 0.3) is 0 Å². The molecule has 294 valence electrons. The Morgan fingerprint density at radius 2 is 1.67 bits per heavy atom. The standard InChI is InChI=1S/C40H58N2O10S.Na/c1-29-13-11-17-35(49-7)16-10-9-15-33(5)39(52-38(44)24-22-30(2)19-20-31(3)25-36(50-8)18-12-14-29)34(6)23-21-32(4)26-41-40(45)37(42-28-43)27-51-53(46,47)48;/h9-10,12-16,19-25,28,30,33,35-37,39H,11,17-18,26-27H2,1-8H3,(H,41,45)(H,42,43)(H,46,47,48);/q;+1/p-1/b14-12+,15-9+,16-10+,20-19+,24-22+,29-13+,31-25+,32-21+,34-23+;/t30?,33?,35?,36?,37-,39?;/m0./s1. The SMILES string of the molecule is COC1/C=C(C)/C=C/C(C)/C=C/C(=O)OC(/C(C)=C/C=C(\C)CNC(=O)[C@H](COS(=O)(=O)[O-])NC=O)C(C)/C=C/C=C/C(OC)CC/C=C(C)/C=C/C1.[Na+]. The van der Waals surface area contributed by atoms with Crippen molar-refractivity contribution in [1.82, 2.24) is 10.6 Å². The number of methoxy groups -OCH3 is 2. The molecule has 0 spiro atoms. The summed E-state index contributed by atoms with van der Waals surface area (Å²) in [6.07, 6.45) is 28.8. The Labute approximate surface area is 344 Å². The third kappa shape index (κ3) is 23.6. The van der Waals surface area contributed by atoms with Crippen LogP contribution in [0.4, 0.5) is 0 Å². The fourth-order valence-corrected chi connectivity index (χ4v) is 5.22. The summed E-state index contributed by atoms with van der Waals surface area (Å²) in [5.41, 5.74) is 3.64. The summed E-state index contributed by atoms with van der Waals surface area (Å²) in [6, 6.07) is -1.39. The molecule has 0 aromatic carbocycles. The fraction of sp³-hybridized carbons (Fsp3) is 0.475. The number of nitrogens with one attached hydrogen (secondary N) is 2. The van der Waals surface area contributed by atoms with Crippen molar-refractivity contribution >= 4 is 28.7 Å². The molecule has 12 nitrogen and oxygen atoms in total. The number of amides is 2. The number of cyclic esters (lactones) is 1. The van der Waals surface area contributed by atoms with Crippen LogP contribution in [-0.2, 0) is 43.2 Å². The smallest absolute Gasteiger partial charge is 0.726 e. The van der Waals surface area contributed by atoms with Crippen LogP contribution < -0.4 is 40.2 Å². The fourth-order valence-electron chi connectivity index (χ4n) is 4.92. The molecule has 0 saturated carbocycles. The summed E-state index contributed by atoms with van der Waals surface area (Å²) >= 11 is 0. The predicted molar refractivity (Wildman–Crippen MR) is 206 cm³/mol. The van der Waals surface area contributed by atoms with Gasteiger partial charge in [0.1, 0.15) is 12.1 Å². The Kier molecular flexibility index (Phi) is 26.6. The number of allylic oxidation sites excluding steroid dienone is 11. The number of carbonyl (C=O) groups excluding carboxylic acids is 3. The van der Waals surface area contributed by atoms with Gasteiger partial charge in [-0.15, -0.1) is 0 Å². The van der Waals surface area contributed by atoms with Crippen molar-refractivity contribution in [2.75, 3.05) is 27.4 Å². The van der Waals surface area contributed by atoms with E-state index in [9.17, 15) is 27.4 Å². The first-order valence-electron chi connectivity index (χ1n) is 17.5.